The van der Waals surface area contributed by atoms with Crippen LogP contribution in [-0.2, 0) is 9.84 Å². The second kappa shape index (κ2) is 6.12. The maximum atomic E-state index is 11.4. The van der Waals surface area contributed by atoms with Crippen molar-refractivity contribution in [3.63, 3.8) is 0 Å². The van der Waals surface area contributed by atoms with E-state index in [0.717, 1.165) is 16.5 Å². The SMILES string of the molecule is CC(NCC1CCS(=O)(=O)C1)c1ccc(Br)cc1Cl. The molecule has 0 amide bonds. The normalized spacial score (nSPS) is 23.4. The van der Waals surface area contributed by atoms with Gasteiger partial charge in [-0.25, -0.2) is 8.42 Å². The van der Waals surface area contributed by atoms with Gasteiger partial charge in [-0.2, -0.15) is 0 Å². The zero-order chi connectivity index (χ0) is 14.0. The molecule has 2 unspecified atom stereocenters. The van der Waals surface area contributed by atoms with Crippen LogP contribution in [0, 0.1) is 5.92 Å². The van der Waals surface area contributed by atoms with Crippen LogP contribution in [0.1, 0.15) is 24.9 Å². The Balaban J connectivity index is 1.93. The quantitative estimate of drug-likeness (QED) is 0.890. The number of hydrogen-bond acceptors (Lipinski definition) is 3. The van der Waals surface area contributed by atoms with Gasteiger partial charge in [0.15, 0.2) is 9.84 Å². The van der Waals surface area contributed by atoms with E-state index >= 15 is 0 Å². The monoisotopic (exact) mass is 365 g/mol. The van der Waals surface area contributed by atoms with Gasteiger partial charge in [0.1, 0.15) is 0 Å². The van der Waals surface area contributed by atoms with Crippen molar-refractivity contribution in [1.29, 1.82) is 0 Å². The molecular weight excluding hydrogens is 350 g/mol. The van der Waals surface area contributed by atoms with E-state index in [4.69, 9.17) is 11.6 Å². The third-order valence-electron chi connectivity index (χ3n) is 3.47. The van der Waals surface area contributed by atoms with Gasteiger partial charge < -0.3 is 5.32 Å². The standard InChI is InChI=1S/C13H17BrClNO2S/c1-9(12-3-2-11(14)6-13(12)15)16-7-10-4-5-19(17,18)8-10/h2-3,6,9-10,16H,4-5,7-8H2,1H3. The summed E-state index contributed by atoms with van der Waals surface area (Å²) in [5.41, 5.74) is 1.03. The Morgan fingerprint density at radius 3 is 2.84 bits per heavy atom. The van der Waals surface area contributed by atoms with E-state index in [1.165, 1.54) is 0 Å². The predicted octanol–water partition coefficient (Wildman–Crippen LogP) is 3.19. The van der Waals surface area contributed by atoms with Gasteiger partial charge in [0.25, 0.3) is 0 Å². The van der Waals surface area contributed by atoms with Crippen LogP contribution in [0.3, 0.4) is 0 Å². The van der Waals surface area contributed by atoms with Gasteiger partial charge in [0.2, 0.25) is 0 Å². The number of halogens is 2. The molecule has 1 aromatic rings. The molecule has 3 nitrogen and oxygen atoms in total. The van der Waals surface area contributed by atoms with Crippen LogP contribution in [-0.4, -0.2) is 26.5 Å². The van der Waals surface area contributed by atoms with Crippen molar-refractivity contribution in [2.75, 3.05) is 18.1 Å². The van der Waals surface area contributed by atoms with E-state index < -0.39 is 9.84 Å². The summed E-state index contributed by atoms with van der Waals surface area (Å²) in [4.78, 5) is 0. The number of benzene rings is 1. The lowest BCUT2D eigenvalue weighted by atomic mass is 10.1. The van der Waals surface area contributed by atoms with Crippen LogP contribution in [0.4, 0.5) is 0 Å². The van der Waals surface area contributed by atoms with E-state index in [2.05, 4.69) is 21.2 Å². The first-order valence-corrected chi connectivity index (χ1v) is 9.25. The molecule has 2 atom stereocenters. The molecular formula is C13H17BrClNO2S. The Labute approximate surface area is 127 Å². The van der Waals surface area contributed by atoms with Gasteiger partial charge in [0, 0.05) is 15.5 Å². The minimum Gasteiger partial charge on any atom is -0.310 e. The molecule has 2 rings (SSSR count). The number of nitrogens with one attached hydrogen (secondary N) is 1. The molecule has 1 N–H and O–H groups in total. The molecule has 19 heavy (non-hydrogen) atoms. The molecule has 0 aromatic heterocycles. The molecule has 0 saturated carbocycles. The van der Waals surface area contributed by atoms with Crippen LogP contribution < -0.4 is 5.32 Å². The van der Waals surface area contributed by atoms with Gasteiger partial charge >= 0.3 is 0 Å². The summed E-state index contributed by atoms with van der Waals surface area (Å²) < 4.78 is 23.7. The van der Waals surface area contributed by atoms with Crippen molar-refractivity contribution in [3.8, 4) is 0 Å². The minimum atomic E-state index is -2.79. The molecule has 0 bridgehead atoms. The molecule has 1 aliphatic heterocycles. The van der Waals surface area contributed by atoms with Crippen LogP contribution in [0.25, 0.3) is 0 Å². The second-order valence-electron chi connectivity index (χ2n) is 5.06. The molecule has 1 aromatic carbocycles. The summed E-state index contributed by atoms with van der Waals surface area (Å²) in [7, 11) is -2.79. The summed E-state index contributed by atoms with van der Waals surface area (Å²) in [6, 6.07) is 5.92. The van der Waals surface area contributed by atoms with Crippen LogP contribution in [0.5, 0.6) is 0 Å². The summed E-state index contributed by atoms with van der Waals surface area (Å²) >= 11 is 9.58. The molecule has 1 heterocycles. The molecule has 0 spiro atoms. The highest BCUT2D eigenvalue weighted by Gasteiger charge is 2.27. The molecule has 106 valence electrons. The molecule has 0 aliphatic carbocycles. The number of sulfone groups is 1. The highest BCUT2D eigenvalue weighted by atomic mass is 79.9. The lowest BCUT2D eigenvalue weighted by Gasteiger charge is -2.18. The largest absolute Gasteiger partial charge is 0.310 e. The Morgan fingerprint density at radius 2 is 2.26 bits per heavy atom. The Hall–Kier alpha value is -0.100. The van der Waals surface area contributed by atoms with Crippen LogP contribution in [0.2, 0.25) is 5.02 Å². The maximum absolute atomic E-state index is 11.4. The van der Waals surface area contributed by atoms with Gasteiger partial charge in [-0.15, -0.1) is 0 Å². The zero-order valence-corrected chi connectivity index (χ0v) is 13.9. The van der Waals surface area contributed by atoms with Crippen LogP contribution >= 0.6 is 27.5 Å². The topological polar surface area (TPSA) is 46.2 Å². The molecule has 0 radical (unpaired) electrons. The Bertz CT molecular complexity index is 562. The number of hydrogen-bond donors (Lipinski definition) is 1. The van der Waals surface area contributed by atoms with E-state index in [-0.39, 0.29) is 12.0 Å². The van der Waals surface area contributed by atoms with Gasteiger partial charge in [-0.05, 0) is 43.5 Å². The molecule has 6 heteroatoms. The molecule has 1 saturated heterocycles. The highest BCUT2D eigenvalue weighted by molar-refractivity contribution is 9.10. The van der Waals surface area contributed by atoms with Crippen molar-refractivity contribution >= 4 is 37.4 Å². The Kier molecular flexibility index (Phi) is 4.93. The summed E-state index contributed by atoms with van der Waals surface area (Å²) in [6.45, 7) is 2.76. The first-order chi connectivity index (χ1) is 8.87. The van der Waals surface area contributed by atoms with E-state index in [1.807, 2.05) is 25.1 Å². The smallest absolute Gasteiger partial charge is 0.150 e. The fraction of sp³-hybridized carbons (Fsp3) is 0.538. The van der Waals surface area contributed by atoms with Crippen molar-refractivity contribution in [3.05, 3.63) is 33.3 Å². The van der Waals surface area contributed by atoms with Gasteiger partial charge in [-0.1, -0.05) is 33.6 Å². The third kappa shape index (κ3) is 4.18. The van der Waals surface area contributed by atoms with Crippen molar-refractivity contribution in [2.24, 2.45) is 5.92 Å². The maximum Gasteiger partial charge on any atom is 0.150 e. The zero-order valence-electron chi connectivity index (χ0n) is 10.7. The Morgan fingerprint density at radius 1 is 1.53 bits per heavy atom. The van der Waals surface area contributed by atoms with E-state index in [1.54, 1.807) is 0 Å². The average Bonchev–Trinajstić information content (AvgIpc) is 2.66. The summed E-state index contributed by atoms with van der Waals surface area (Å²) in [6.07, 6.45) is 0.760. The minimum absolute atomic E-state index is 0.115. The summed E-state index contributed by atoms with van der Waals surface area (Å²) in [5.74, 6) is 0.856. The predicted molar refractivity (Wildman–Crippen MR) is 82.3 cm³/mol. The summed E-state index contributed by atoms with van der Waals surface area (Å²) in [5, 5.41) is 4.09. The molecule has 1 fully saturated rings. The average molecular weight is 367 g/mol. The second-order valence-corrected chi connectivity index (χ2v) is 8.62. The van der Waals surface area contributed by atoms with Crippen molar-refractivity contribution in [1.82, 2.24) is 5.32 Å². The van der Waals surface area contributed by atoms with E-state index in [0.29, 0.717) is 23.1 Å². The first kappa shape index (κ1) is 15.3. The fourth-order valence-electron chi connectivity index (χ4n) is 2.34. The lowest BCUT2D eigenvalue weighted by molar-refractivity contribution is 0.476. The van der Waals surface area contributed by atoms with Crippen LogP contribution in [0.15, 0.2) is 22.7 Å². The van der Waals surface area contributed by atoms with Crippen molar-refractivity contribution < 1.29 is 8.42 Å². The highest BCUT2D eigenvalue weighted by Crippen LogP contribution is 2.27. The van der Waals surface area contributed by atoms with Gasteiger partial charge in [-0.3, -0.25) is 0 Å². The van der Waals surface area contributed by atoms with Gasteiger partial charge in [0.05, 0.1) is 11.5 Å². The first-order valence-electron chi connectivity index (χ1n) is 6.26. The third-order valence-corrected chi connectivity index (χ3v) is 6.13. The fourth-order valence-corrected chi connectivity index (χ4v) is 5.04. The van der Waals surface area contributed by atoms with Crippen molar-refractivity contribution in [2.45, 2.75) is 19.4 Å². The lowest BCUT2D eigenvalue weighted by Crippen LogP contribution is -2.26. The molecule has 1 aliphatic rings. The van der Waals surface area contributed by atoms with E-state index in [9.17, 15) is 8.42 Å². The number of rotatable bonds is 4.